The highest BCUT2D eigenvalue weighted by Crippen LogP contribution is 2.41. The second-order valence-corrected chi connectivity index (χ2v) is 9.11. The van der Waals surface area contributed by atoms with Gasteiger partial charge in [0.25, 0.3) is 11.8 Å². The number of primary amides is 1. The number of nitrogens with two attached hydrogens (primary N) is 1. The lowest BCUT2D eigenvalue weighted by Gasteiger charge is -2.29. The molecule has 1 amide bonds. The number of amides is 1. The van der Waals surface area contributed by atoms with Gasteiger partial charge in [-0.15, -0.1) is 0 Å². The van der Waals surface area contributed by atoms with Crippen LogP contribution in [0.2, 0.25) is 0 Å². The Morgan fingerprint density at radius 2 is 1.87 bits per heavy atom. The molecular formula is C24H28F2N4O. The number of halogens is 2. The van der Waals surface area contributed by atoms with E-state index in [0.717, 1.165) is 26.2 Å². The van der Waals surface area contributed by atoms with E-state index in [1.54, 1.807) is 31.2 Å². The van der Waals surface area contributed by atoms with Gasteiger partial charge in [-0.1, -0.05) is 26.0 Å². The number of alkyl halides is 2. The van der Waals surface area contributed by atoms with Crippen LogP contribution in [0.15, 0.2) is 24.3 Å². The van der Waals surface area contributed by atoms with Crippen molar-refractivity contribution in [3.63, 3.8) is 0 Å². The van der Waals surface area contributed by atoms with Crippen LogP contribution in [0.4, 0.5) is 14.6 Å². The molecule has 2 aromatic rings. The Morgan fingerprint density at radius 1 is 1.23 bits per heavy atom. The summed E-state index contributed by atoms with van der Waals surface area (Å²) in [5.74, 6) is -3.69. The predicted octanol–water partition coefficient (Wildman–Crippen LogP) is 5.16. The third kappa shape index (κ3) is 4.68. The molecule has 1 aliphatic rings. The normalized spacial score (nSPS) is 16.5. The zero-order valence-electron chi connectivity index (χ0n) is 18.4. The number of rotatable bonds is 4. The van der Waals surface area contributed by atoms with Crippen molar-refractivity contribution in [2.75, 3.05) is 18.0 Å². The van der Waals surface area contributed by atoms with Crippen LogP contribution in [0, 0.1) is 23.7 Å². The number of carbonyl (C=O) groups excluding carboxylic acids is 1. The summed E-state index contributed by atoms with van der Waals surface area (Å²) in [5.41, 5.74) is 7.09. The van der Waals surface area contributed by atoms with Crippen LogP contribution < -0.4 is 10.6 Å². The lowest BCUT2D eigenvalue weighted by Crippen LogP contribution is -2.31. The molecule has 3 rings (SSSR count). The zero-order chi connectivity index (χ0) is 23.0. The minimum absolute atomic E-state index is 0.136. The van der Waals surface area contributed by atoms with E-state index < -0.39 is 17.5 Å². The van der Waals surface area contributed by atoms with E-state index in [1.165, 1.54) is 0 Å². The number of nitriles is 1. The van der Waals surface area contributed by atoms with Gasteiger partial charge >= 0.3 is 0 Å². The first-order chi connectivity index (χ1) is 14.4. The molecule has 1 saturated heterocycles. The van der Waals surface area contributed by atoms with Gasteiger partial charge in [-0.2, -0.15) is 14.0 Å². The third-order valence-electron chi connectivity index (χ3n) is 6.03. The maximum atomic E-state index is 14.8. The molecule has 0 atom stereocenters. The number of pyridine rings is 1. The fourth-order valence-corrected chi connectivity index (χ4v) is 4.23. The molecule has 1 aliphatic heterocycles. The van der Waals surface area contributed by atoms with E-state index in [9.17, 15) is 13.6 Å². The van der Waals surface area contributed by atoms with Crippen molar-refractivity contribution < 1.29 is 13.6 Å². The summed E-state index contributed by atoms with van der Waals surface area (Å²) in [5, 5.41) is 9.05. The Labute approximate surface area is 181 Å². The lowest BCUT2D eigenvalue weighted by atomic mass is 9.85. The average molecular weight is 427 g/mol. The Kier molecular flexibility index (Phi) is 6.04. The summed E-state index contributed by atoms with van der Waals surface area (Å²) in [4.78, 5) is 18.8. The summed E-state index contributed by atoms with van der Waals surface area (Å²) in [6, 6.07) is 8.32. The highest BCUT2D eigenvalue weighted by Gasteiger charge is 2.36. The number of hydrogen-bond donors (Lipinski definition) is 1. The molecule has 2 heterocycles. The van der Waals surface area contributed by atoms with Crippen molar-refractivity contribution >= 4 is 11.7 Å². The van der Waals surface area contributed by atoms with Gasteiger partial charge < -0.3 is 10.6 Å². The summed E-state index contributed by atoms with van der Waals surface area (Å²) < 4.78 is 29.5. The Balaban J connectivity index is 2.25. The molecule has 31 heavy (non-hydrogen) atoms. The van der Waals surface area contributed by atoms with Gasteiger partial charge in [-0.05, 0) is 54.9 Å². The minimum atomic E-state index is -3.23. The highest BCUT2D eigenvalue weighted by molar-refractivity contribution is 6.01. The Hall–Kier alpha value is -3.01. The van der Waals surface area contributed by atoms with Crippen molar-refractivity contribution in [3.8, 4) is 17.2 Å². The van der Waals surface area contributed by atoms with E-state index in [-0.39, 0.29) is 22.4 Å². The first-order valence-electron chi connectivity index (χ1n) is 10.4. The SMILES string of the molecule is Cc1c(C(N)=O)c(N2CCCC(C)(C)CC2)nc(C(C)(F)F)c1-c1ccc(C#N)cc1. The van der Waals surface area contributed by atoms with Gasteiger partial charge in [-0.3, -0.25) is 4.79 Å². The summed E-state index contributed by atoms with van der Waals surface area (Å²) in [6.07, 6.45) is 2.75. The van der Waals surface area contributed by atoms with Crippen molar-refractivity contribution in [1.82, 2.24) is 4.98 Å². The maximum absolute atomic E-state index is 14.8. The van der Waals surface area contributed by atoms with Crippen LogP contribution in [0.1, 0.15) is 67.2 Å². The fraction of sp³-hybridized carbons (Fsp3) is 0.458. The molecule has 0 saturated carbocycles. The van der Waals surface area contributed by atoms with E-state index in [4.69, 9.17) is 11.0 Å². The minimum Gasteiger partial charge on any atom is -0.365 e. The van der Waals surface area contributed by atoms with Gasteiger partial charge in [0, 0.05) is 25.6 Å². The van der Waals surface area contributed by atoms with E-state index in [1.807, 2.05) is 11.0 Å². The number of aromatic nitrogens is 1. The van der Waals surface area contributed by atoms with Crippen LogP contribution in [0.25, 0.3) is 11.1 Å². The standard InChI is InChI=1S/C24H28F2N4O/c1-15-18(17-8-6-16(14-27)7-9-17)20(24(4,25)26)29-22(19(15)21(28)31)30-12-5-10-23(2,3)11-13-30/h6-9H,5,10-13H2,1-4H3,(H2,28,31). The fourth-order valence-electron chi connectivity index (χ4n) is 4.23. The van der Waals surface area contributed by atoms with Gasteiger partial charge in [-0.25, -0.2) is 4.98 Å². The molecule has 0 unspecified atom stereocenters. The van der Waals surface area contributed by atoms with E-state index in [2.05, 4.69) is 18.8 Å². The zero-order valence-corrected chi connectivity index (χ0v) is 18.4. The highest BCUT2D eigenvalue weighted by atomic mass is 19.3. The van der Waals surface area contributed by atoms with Crippen LogP contribution in [0.5, 0.6) is 0 Å². The monoisotopic (exact) mass is 426 g/mol. The largest absolute Gasteiger partial charge is 0.365 e. The van der Waals surface area contributed by atoms with Crippen LogP contribution in [0.3, 0.4) is 0 Å². The summed E-state index contributed by atoms with van der Waals surface area (Å²) in [6.45, 7) is 8.05. The van der Waals surface area contributed by atoms with Crippen molar-refractivity contribution in [1.29, 1.82) is 5.26 Å². The molecule has 1 aromatic carbocycles. The first-order valence-corrected chi connectivity index (χ1v) is 10.4. The Bertz CT molecular complexity index is 1030. The predicted molar refractivity (Wildman–Crippen MR) is 117 cm³/mol. The summed E-state index contributed by atoms with van der Waals surface area (Å²) >= 11 is 0. The maximum Gasteiger partial charge on any atom is 0.287 e. The number of carbonyl (C=O) groups is 1. The van der Waals surface area contributed by atoms with Crippen LogP contribution in [-0.2, 0) is 5.92 Å². The van der Waals surface area contributed by atoms with Gasteiger partial charge in [0.2, 0.25) is 0 Å². The quantitative estimate of drug-likeness (QED) is 0.732. The molecule has 5 nitrogen and oxygen atoms in total. The molecule has 0 bridgehead atoms. The molecule has 0 spiro atoms. The number of hydrogen-bond acceptors (Lipinski definition) is 4. The molecule has 1 aromatic heterocycles. The Morgan fingerprint density at radius 3 is 2.42 bits per heavy atom. The number of benzene rings is 1. The second-order valence-electron chi connectivity index (χ2n) is 9.11. The smallest absolute Gasteiger partial charge is 0.287 e. The molecule has 7 heteroatoms. The van der Waals surface area contributed by atoms with E-state index >= 15 is 0 Å². The number of anilines is 1. The van der Waals surface area contributed by atoms with Crippen LogP contribution in [-0.4, -0.2) is 24.0 Å². The second kappa shape index (κ2) is 8.26. The van der Waals surface area contributed by atoms with E-state index in [0.29, 0.717) is 29.8 Å². The lowest BCUT2D eigenvalue weighted by molar-refractivity contribution is 0.0134. The molecule has 1 fully saturated rings. The van der Waals surface area contributed by atoms with Crippen molar-refractivity contribution in [2.45, 2.75) is 52.9 Å². The van der Waals surface area contributed by atoms with Gasteiger partial charge in [0.05, 0.1) is 17.2 Å². The molecule has 164 valence electrons. The average Bonchev–Trinajstić information content (AvgIpc) is 2.86. The third-order valence-corrected chi connectivity index (χ3v) is 6.03. The van der Waals surface area contributed by atoms with Crippen LogP contribution >= 0.6 is 0 Å². The first kappa shape index (κ1) is 22.7. The van der Waals surface area contributed by atoms with Gasteiger partial charge in [0.15, 0.2) is 0 Å². The number of nitrogens with zero attached hydrogens (tertiary/aromatic N) is 3. The van der Waals surface area contributed by atoms with Crippen molar-refractivity contribution in [3.05, 3.63) is 46.6 Å². The molecule has 0 aliphatic carbocycles. The van der Waals surface area contributed by atoms with Crippen molar-refractivity contribution in [2.24, 2.45) is 11.1 Å². The van der Waals surface area contributed by atoms with Gasteiger partial charge in [0.1, 0.15) is 11.5 Å². The molecule has 2 N–H and O–H groups in total. The topological polar surface area (TPSA) is 83.0 Å². The summed E-state index contributed by atoms with van der Waals surface area (Å²) in [7, 11) is 0. The molecular weight excluding hydrogens is 398 g/mol. The molecule has 0 radical (unpaired) electrons.